The summed E-state index contributed by atoms with van der Waals surface area (Å²) in [7, 11) is 0. The zero-order valence-electron chi connectivity index (χ0n) is 27.2. The van der Waals surface area contributed by atoms with Gasteiger partial charge < -0.3 is 4.90 Å². The SMILES string of the molecule is CC1(C)c2ccccc2-c2ccc(N(c3ccc(-c4cccc(-c5ccccc5)c4)cc3)c3cc4ccccc4c4ccccc34)cc21. The standard InChI is InChI=1S/C47H35N/c1-47(2)44-22-11-10-20-41(44)42-28-27-38(31-45(42)47)48(46-30-36-15-6-7-18-39(36)40-19-8-9-21-43(40)46)37-25-23-33(24-26-37)35-17-12-16-34(29-35)32-13-4-3-5-14-32/h3-31H,1-2H3. The highest BCUT2D eigenvalue weighted by molar-refractivity contribution is 6.14. The lowest BCUT2D eigenvalue weighted by molar-refractivity contribution is 0.660. The first-order valence-electron chi connectivity index (χ1n) is 16.8. The number of hydrogen-bond acceptors (Lipinski definition) is 1. The van der Waals surface area contributed by atoms with Crippen molar-refractivity contribution >= 4 is 38.6 Å². The molecule has 0 spiro atoms. The normalized spacial score (nSPS) is 13.0. The van der Waals surface area contributed by atoms with E-state index in [1.807, 2.05) is 0 Å². The van der Waals surface area contributed by atoms with Crippen LogP contribution in [0.2, 0.25) is 0 Å². The molecular formula is C47H35N. The van der Waals surface area contributed by atoms with Gasteiger partial charge in [-0.3, -0.25) is 0 Å². The Morgan fingerprint density at radius 2 is 0.958 bits per heavy atom. The molecule has 0 unspecified atom stereocenters. The molecular weight excluding hydrogens is 579 g/mol. The lowest BCUT2D eigenvalue weighted by atomic mass is 9.82. The quantitative estimate of drug-likeness (QED) is 0.175. The van der Waals surface area contributed by atoms with Crippen LogP contribution >= 0.6 is 0 Å². The Labute approximate surface area is 282 Å². The van der Waals surface area contributed by atoms with E-state index < -0.39 is 0 Å². The van der Waals surface area contributed by atoms with Gasteiger partial charge in [-0.15, -0.1) is 0 Å². The molecule has 0 saturated heterocycles. The molecule has 0 atom stereocenters. The van der Waals surface area contributed by atoms with Gasteiger partial charge in [0.2, 0.25) is 0 Å². The summed E-state index contributed by atoms with van der Waals surface area (Å²) in [4.78, 5) is 2.46. The fourth-order valence-corrected chi connectivity index (χ4v) is 7.79. The zero-order valence-corrected chi connectivity index (χ0v) is 27.2. The summed E-state index contributed by atoms with van der Waals surface area (Å²) < 4.78 is 0. The largest absolute Gasteiger partial charge is 0.310 e. The van der Waals surface area contributed by atoms with Crippen molar-refractivity contribution < 1.29 is 0 Å². The van der Waals surface area contributed by atoms with Crippen LogP contribution in [0.5, 0.6) is 0 Å². The first-order valence-corrected chi connectivity index (χ1v) is 16.8. The van der Waals surface area contributed by atoms with Crippen LogP contribution in [0.3, 0.4) is 0 Å². The molecule has 1 aliphatic rings. The Kier molecular flexibility index (Phi) is 6.55. The van der Waals surface area contributed by atoms with Gasteiger partial charge in [0.05, 0.1) is 5.69 Å². The molecule has 8 aromatic carbocycles. The highest BCUT2D eigenvalue weighted by Crippen LogP contribution is 2.51. The summed E-state index contributed by atoms with van der Waals surface area (Å²) in [5.74, 6) is 0. The van der Waals surface area contributed by atoms with Crippen molar-refractivity contribution in [3.05, 3.63) is 187 Å². The molecule has 8 aromatic rings. The number of hydrogen-bond donors (Lipinski definition) is 0. The van der Waals surface area contributed by atoms with Crippen molar-refractivity contribution in [3.63, 3.8) is 0 Å². The Balaban J connectivity index is 1.22. The summed E-state index contributed by atoms with van der Waals surface area (Å²) in [6.45, 7) is 4.71. The summed E-state index contributed by atoms with van der Waals surface area (Å²) in [5, 5.41) is 5.01. The van der Waals surface area contributed by atoms with Crippen LogP contribution in [-0.2, 0) is 5.41 Å². The van der Waals surface area contributed by atoms with Crippen molar-refractivity contribution in [2.75, 3.05) is 4.90 Å². The maximum Gasteiger partial charge on any atom is 0.0546 e. The van der Waals surface area contributed by atoms with Crippen LogP contribution in [-0.4, -0.2) is 0 Å². The molecule has 0 fully saturated rings. The molecule has 228 valence electrons. The average Bonchev–Trinajstić information content (AvgIpc) is 3.38. The predicted octanol–water partition coefficient (Wildman–Crippen LogP) is 13.1. The topological polar surface area (TPSA) is 3.24 Å². The molecule has 0 aliphatic heterocycles. The third-order valence-electron chi connectivity index (χ3n) is 10.2. The summed E-state index contributed by atoms with van der Waals surface area (Å²) >= 11 is 0. The Morgan fingerprint density at radius 3 is 1.75 bits per heavy atom. The van der Waals surface area contributed by atoms with Gasteiger partial charge in [-0.25, -0.2) is 0 Å². The second-order valence-corrected chi connectivity index (χ2v) is 13.4. The Bertz CT molecular complexity index is 2470. The predicted molar refractivity (Wildman–Crippen MR) is 205 cm³/mol. The molecule has 1 aliphatic carbocycles. The molecule has 9 rings (SSSR count). The zero-order chi connectivity index (χ0) is 32.2. The van der Waals surface area contributed by atoms with E-state index in [0.29, 0.717) is 0 Å². The van der Waals surface area contributed by atoms with E-state index in [4.69, 9.17) is 0 Å². The maximum absolute atomic E-state index is 2.46. The van der Waals surface area contributed by atoms with Gasteiger partial charge >= 0.3 is 0 Å². The summed E-state index contributed by atoms with van der Waals surface area (Å²) in [5.41, 5.74) is 13.7. The molecule has 0 radical (unpaired) electrons. The van der Waals surface area contributed by atoms with Crippen LogP contribution in [0.25, 0.3) is 54.9 Å². The second-order valence-electron chi connectivity index (χ2n) is 13.4. The Morgan fingerprint density at radius 1 is 0.375 bits per heavy atom. The van der Waals surface area contributed by atoms with E-state index in [1.54, 1.807) is 0 Å². The molecule has 1 heteroatoms. The molecule has 0 saturated carbocycles. The van der Waals surface area contributed by atoms with Crippen LogP contribution in [0, 0.1) is 0 Å². The monoisotopic (exact) mass is 613 g/mol. The van der Waals surface area contributed by atoms with Crippen LogP contribution < -0.4 is 4.90 Å². The number of anilines is 3. The second kappa shape index (κ2) is 11.1. The van der Waals surface area contributed by atoms with Crippen LogP contribution in [0.15, 0.2) is 176 Å². The minimum atomic E-state index is -0.0906. The van der Waals surface area contributed by atoms with E-state index in [-0.39, 0.29) is 5.41 Å². The third kappa shape index (κ3) is 4.54. The minimum Gasteiger partial charge on any atom is -0.310 e. The molecule has 0 heterocycles. The summed E-state index contributed by atoms with van der Waals surface area (Å²) in [6.07, 6.45) is 0. The van der Waals surface area contributed by atoms with E-state index >= 15 is 0 Å². The molecule has 0 bridgehead atoms. The molecule has 0 aromatic heterocycles. The maximum atomic E-state index is 2.46. The summed E-state index contributed by atoms with van der Waals surface area (Å²) in [6, 6.07) is 64.4. The van der Waals surface area contributed by atoms with E-state index in [2.05, 4.69) is 195 Å². The molecule has 0 amide bonds. The molecule has 48 heavy (non-hydrogen) atoms. The Hall–Kier alpha value is -5.92. The van der Waals surface area contributed by atoms with Gasteiger partial charge in [-0.2, -0.15) is 0 Å². The van der Waals surface area contributed by atoms with Crippen molar-refractivity contribution in [1.82, 2.24) is 0 Å². The van der Waals surface area contributed by atoms with Gasteiger partial charge in [0, 0.05) is 22.2 Å². The smallest absolute Gasteiger partial charge is 0.0546 e. The number of nitrogens with zero attached hydrogens (tertiary/aromatic N) is 1. The van der Waals surface area contributed by atoms with Crippen LogP contribution in [0.1, 0.15) is 25.0 Å². The fraction of sp³-hybridized carbons (Fsp3) is 0.0638. The van der Waals surface area contributed by atoms with Crippen molar-refractivity contribution in [2.24, 2.45) is 0 Å². The third-order valence-corrected chi connectivity index (χ3v) is 10.2. The van der Waals surface area contributed by atoms with Crippen LogP contribution in [0.4, 0.5) is 17.1 Å². The van der Waals surface area contributed by atoms with Gasteiger partial charge in [0.25, 0.3) is 0 Å². The number of rotatable bonds is 5. The minimum absolute atomic E-state index is 0.0906. The van der Waals surface area contributed by atoms with E-state index in [0.717, 1.165) is 11.4 Å². The van der Waals surface area contributed by atoms with Crippen molar-refractivity contribution in [3.8, 4) is 33.4 Å². The van der Waals surface area contributed by atoms with E-state index in [1.165, 1.54) is 71.7 Å². The van der Waals surface area contributed by atoms with Gasteiger partial charge in [-0.05, 0) is 97.1 Å². The highest BCUT2D eigenvalue weighted by atomic mass is 15.1. The van der Waals surface area contributed by atoms with Gasteiger partial charge in [0.15, 0.2) is 0 Å². The van der Waals surface area contributed by atoms with Gasteiger partial charge in [0.1, 0.15) is 0 Å². The fourth-order valence-electron chi connectivity index (χ4n) is 7.79. The lowest BCUT2D eigenvalue weighted by Crippen LogP contribution is -2.16. The average molecular weight is 614 g/mol. The first-order chi connectivity index (χ1) is 23.6. The van der Waals surface area contributed by atoms with Crippen molar-refractivity contribution in [2.45, 2.75) is 19.3 Å². The highest BCUT2D eigenvalue weighted by Gasteiger charge is 2.35. The lowest BCUT2D eigenvalue weighted by Gasteiger charge is -2.29. The van der Waals surface area contributed by atoms with Gasteiger partial charge in [-0.1, -0.05) is 153 Å². The first kappa shape index (κ1) is 28.3. The number of benzene rings is 8. The number of fused-ring (bicyclic) bond motifs is 6. The van der Waals surface area contributed by atoms with E-state index in [9.17, 15) is 0 Å². The molecule has 0 N–H and O–H groups in total. The molecule has 1 nitrogen and oxygen atoms in total. The van der Waals surface area contributed by atoms with Crippen molar-refractivity contribution in [1.29, 1.82) is 0 Å².